The van der Waals surface area contributed by atoms with Gasteiger partial charge in [0, 0.05) is 25.2 Å². The van der Waals surface area contributed by atoms with Gasteiger partial charge in [-0.3, -0.25) is 4.90 Å². The van der Waals surface area contributed by atoms with Crippen molar-refractivity contribution in [2.75, 3.05) is 19.6 Å². The lowest BCUT2D eigenvalue weighted by Gasteiger charge is -2.41. The average molecular weight is 266 g/mol. The molecule has 1 aliphatic carbocycles. The van der Waals surface area contributed by atoms with Crippen LogP contribution in [-0.2, 0) is 0 Å². The van der Waals surface area contributed by atoms with Crippen LogP contribution in [0.3, 0.4) is 0 Å². The molecular formula is C17H34N2. The molecule has 3 unspecified atom stereocenters. The molecule has 112 valence electrons. The van der Waals surface area contributed by atoms with Crippen molar-refractivity contribution >= 4 is 0 Å². The van der Waals surface area contributed by atoms with Gasteiger partial charge in [-0.15, -0.1) is 0 Å². The van der Waals surface area contributed by atoms with Crippen molar-refractivity contribution in [1.82, 2.24) is 10.2 Å². The molecule has 19 heavy (non-hydrogen) atoms. The summed E-state index contributed by atoms with van der Waals surface area (Å²) in [6.07, 6.45) is 9.83. The van der Waals surface area contributed by atoms with E-state index in [2.05, 4.69) is 31.0 Å². The third-order valence-electron chi connectivity index (χ3n) is 5.14. The first-order chi connectivity index (χ1) is 9.22. The van der Waals surface area contributed by atoms with Gasteiger partial charge in [0.25, 0.3) is 0 Å². The molecule has 2 aliphatic rings. The Labute approximate surface area is 120 Å². The van der Waals surface area contributed by atoms with Crippen LogP contribution < -0.4 is 5.32 Å². The highest BCUT2D eigenvalue weighted by Gasteiger charge is 2.30. The lowest BCUT2D eigenvalue weighted by Crippen LogP contribution is -2.52. The van der Waals surface area contributed by atoms with Crippen molar-refractivity contribution in [1.29, 1.82) is 0 Å². The topological polar surface area (TPSA) is 15.3 Å². The number of nitrogens with zero attached hydrogens (tertiary/aromatic N) is 1. The molecule has 0 spiro atoms. The van der Waals surface area contributed by atoms with Crippen LogP contribution in [0.1, 0.15) is 65.7 Å². The molecule has 0 radical (unpaired) electrons. The van der Waals surface area contributed by atoms with Gasteiger partial charge in [-0.05, 0) is 57.4 Å². The smallest absolute Gasteiger partial charge is 0.0198 e. The molecule has 2 heteroatoms. The molecule has 2 rings (SSSR count). The van der Waals surface area contributed by atoms with E-state index in [4.69, 9.17) is 0 Å². The summed E-state index contributed by atoms with van der Waals surface area (Å²) in [5.41, 5.74) is 0. The van der Waals surface area contributed by atoms with Crippen molar-refractivity contribution < 1.29 is 0 Å². The van der Waals surface area contributed by atoms with Crippen molar-refractivity contribution in [3.05, 3.63) is 0 Å². The number of piperidine rings is 1. The molecule has 2 fully saturated rings. The van der Waals surface area contributed by atoms with E-state index in [-0.39, 0.29) is 0 Å². The number of likely N-dealkylation sites (tertiary alicyclic amines) is 1. The van der Waals surface area contributed by atoms with Gasteiger partial charge >= 0.3 is 0 Å². The van der Waals surface area contributed by atoms with Gasteiger partial charge < -0.3 is 5.32 Å². The van der Waals surface area contributed by atoms with Gasteiger partial charge in [0.2, 0.25) is 0 Å². The third-order valence-corrected chi connectivity index (χ3v) is 5.14. The maximum Gasteiger partial charge on any atom is 0.0198 e. The number of rotatable bonds is 8. The Morgan fingerprint density at radius 1 is 1.16 bits per heavy atom. The van der Waals surface area contributed by atoms with E-state index >= 15 is 0 Å². The normalized spacial score (nSPS) is 30.5. The molecule has 1 heterocycles. The Bertz CT molecular complexity index is 250. The second-order valence-electron chi connectivity index (χ2n) is 7.00. The van der Waals surface area contributed by atoms with Crippen LogP contribution in [0.5, 0.6) is 0 Å². The first-order valence-electron chi connectivity index (χ1n) is 8.70. The SMILES string of the molecule is CCCCC1CC(NCC2CC2)CN(C(C)CC)C1. The molecule has 0 aromatic carbocycles. The van der Waals surface area contributed by atoms with E-state index in [1.54, 1.807) is 0 Å². The van der Waals surface area contributed by atoms with Crippen LogP contribution in [0, 0.1) is 11.8 Å². The Hall–Kier alpha value is -0.0800. The summed E-state index contributed by atoms with van der Waals surface area (Å²) in [6, 6.07) is 1.51. The summed E-state index contributed by atoms with van der Waals surface area (Å²) in [5.74, 6) is 1.94. The Morgan fingerprint density at radius 2 is 1.95 bits per heavy atom. The standard InChI is InChI=1S/C17H34N2/c1-4-6-7-16-10-17(18-11-15-8-9-15)13-19(12-16)14(3)5-2/h14-18H,4-13H2,1-3H3. The summed E-state index contributed by atoms with van der Waals surface area (Å²) in [5, 5.41) is 3.86. The summed E-state index contributed by atoms with van der Waals surface area (Å²) in [4.78, 5) is 2.74. The average Bonchev–Trinajstić information content (AvgIpc) is 3.26. The van der Waals surface area contributed by atoms with E-state index in [0.29, 0.717) is 0 Å². The zero-order valence-electron chi connectivity index (χ0n) is 13.3. The minimum atomic E-state index is 0.755. The van der Waals surface area contributed by atoms with E-state index in [0.717, 1.165) is 23.9 Å². The summed E-state index contributed by atoms with van der Waals surface area (Å²) < 4.78 is 0. The molecule has 0 amide bonds. The second kappa shape index (κ2) is 7.64. The van der Waals surface area contributed by atoms with Gasteiger partial charge in [0.05, 0.1) is 0 Å². The highest BCUT2D eigenvalue weighted by molar-refractivity contribution is 4.87. The molecule has 0 bridgehead atoms. The number of hydrogen-bond acceptors (Lipinski definition) is 2. The van der Waals surface area contributed by atoms with E-state index < -0.39 is 0 Å². The van der Waals surface area contributed by atoms with Crippen molar-refractivity contribution in [2.45, 2.75) is 77.8 Å². The van der Waals surface area contributed by atoms with Crippen LogP contribution >= 0.6 is 0 Å². The summed E-state index contributed by atoms with van der Waals surface area (Å²) >= 11 is 0. The molecule has 1 N–H and O–H groups in total. The predicted molar refractivity (Wildman–Crippen MR) is 83.5 cm³/mol. The molecule has 1 saturated heterocycles. The van der Waals surface area contributed by atoms with Gasteiger partial charge in [-0.2, -0.15) is 0 Å². The third kappa shape index (κ3) is 5.07. The first-order valence-corrected chi connectivity index (χ1v) is 8.70. The van der Waals surface area contributed by atoms with E-state index in [1.807, 2.05) is 0 Å². The van der Waals surface area contributed by atoms with Gasteiger partial charge in [-0.25, -0.2) is 0 Å². The zero-order valence-corrected chi connectivity index (χ0v) is 13.3. The molecule has 1 aliphatic heterocycles. The maximum atomic E-state index is 3.86. The van der Waals surface area contributed by atoms with Crippen LogP contribution in [0.15, 0.2) is 0 Å². The first kappa shape index (κ1) is 15.3. The fraction of sp³-hybridized carbons (Fsp3) is 1.00. The maximum absolute atomic E-state index is 3.86. The van der Waals surface area contributed by atoms with Crippen LogP contribution in [-0.4, -0.2) is 36.6 Å². The molecular weight excluding hydrogens is 232 g/mol. The number of unbranched alkanes of at least 4 members (excludes halogenated alkanes) is 1. The zero-order chi connectivity index (χ0) is 13.7. The Morgan fingerprint density at radius 3 is 2.58 bits per heavy atom. The molecule has 2 nitrogen and oxygen atoms in total. The van der Waals surface area contributed by atoms with Gasteiger partial charge in [0.15, 0.2) is 0 Å². The van der Waals surface area contributed by atoms with Crippen molar-refractivity contribution in [3.8, 4) is 0 Å². The van der Waals surface area contributed by atoms with Gasteiger partial charge in [0.1, 0.15) is 0 Å². The lowest BCUT2D eigenvalue weighted by atomic mass is 9.89. The van der Waals surface area contributed by atoms with E-state index in [1.165, 1.54) is 64.6 Å². The highest BCUT2D eigenvalue weighted by atomic mass is 15.2. The number of hydrogen-bond donors (Lipinski definition) is 1. The summed E-state index contributed by atoms with van der Waals surface area (Å²) in [6.45, 7) is 11.0. The summed E-state index contributed by atoms with van der Waals surface area (Å²) in [7, 11) is 0. The lowest BCUT2D eigenvalue weighted by molar-refractivity contribution is 0.0971. The van der Waals surface area contributed by atoms with Gasteiger partial charge in [-0.1, -0.05) is 26.7 Å². The van der Waals surface area contributed by atoms with Crippen molar-refractivity contribution in [3.63, 3.8) is 0 Å². The molecule has 1 saturated carbocycles. The quantitative estimate of drug-likeness (QED) is 0.721. The number of nitrogens with one attached hydrogen (secondary N) is 1. The van der Waals surface area contributed by atoms with Crippen LogP contribution in [0.25, 0.3) is 0 Å². The molecule has 0 aromatic heterocycles. The van der Waals surface area contributed by atoms with Crippen molar-refractivity contribution in [2.24, 2.45) is 11.8 Å². The Kier molecular flexibility index (Phi) is 6.15. The monoisotopic (exact) mass is 266 g/mol. The minimum Gasteiger partial charge on any atom is -0.312 e. The van der Waals surface area contributed by atoms with E-state index in [9.17, 15) is 0 Å². The highest BCUT2D eigenvalue weighted by Crippen LogP contribution is 2.29. The molecule has 3 atom stereocenters. The Balaban J connectivity index is 1.82. The van der Waals surface area contributed by atoms with Crippen LogP contribution in [0.4, 0.5) is 0 Å². The molecule has 0 aromatic rings. The predicted octanol–water partition coefficient (Wildman–Crippen LogP) is 3.67. The second-order valence-corrected chi connectivity index (χ2v) is 7.00. The largest absolute Gasteiger partial charge is 0.312 e. The fourth-order valence-electron chi connectivity index (χ4n) is 3.36. The minimum absolute atomic E-state index is 0.755. The van der Waals surface area contributed by atoms with Crippen LogP contribution in [0.2, 0.25) is 0 Å². The fourth-order valence-corrected chi connectivity index (χ4v) is 3.36.